The lowest BCUT2D eigenvalue weighted by Gasteiger charge is -2.09. The predicted octanol–water partition coefficient (Wildman–Crippen LogP) is 4.62. The number of non-ortho nitro benzene ring substituents is 1. The fraction of sp³-hybridized carbons (Fsp3) is 0.222. The topological polar surface area (TPSA) is 73.8 Å². The molecule has 0 atom stereocenters. The Kier molecular flexibility index (Phi) is 4.42. The van der Waals surface area contributed by atoms with E-state index >= 15 is 0 Å². The van der Waals surface area contributed by atoms with Crippen LogP contribution in [0.2, 0.25) is 0 Å². The molecular formula is C18H15FN4O2S. The number of nitrogens with zero attached hydrogens (tertiary/aromatic N) is 4. The Morgan fingerprint density at radius 1 is 1.15 bits per heavy atom. The number of nitro groups is 1. The highest BCUT2D eigenvalue weighted by atomic mass is 32.2. The van der Waals surface area contributed by atoms with Crippen LogP contribution < -0.4 is 0 Å². The number of benzene rings is 2. The van der Waals surface area contributed by atoms with Crippen molar-refractivity contribution in [1.82, 2.24) is 14.8 Å². The van der Waals surface area contributed by atoms with Gasteiger partial charge in [0.25, 0.3) is 5.69 Å². The van der Waals surface area contributed by atoms with E-state index in [0.29, 0.717) is 23.2 Å². The molecule has 0 spiro atoms. The first-order valence-corrected chi connectivity index (χ1v) is 9.18. The summed E-state index contributed by atoms with van der Waals surface area (Å²) in [6.45, 7) is 0. The van der Waals surface area contributed by atoms with Crippen LogP contribution in [0, 0.1) is 15.9 Å². The maximum atomic E-state index is 14.2. The lowest BCUT2D eigenvalue weighted by molar-refractivity contribution is -0.384. The Morgan fingerprint density at radius 2 is 1.88 bits per heavy atom. The van der Waals surface area contributed by atoms with Crippen LogP contribution in [0.1, 0.15) is 24.4 Å². The van der Waals surface area contributed by atoms with E-state index in [9.17, 15) is 14.5 Å². The molecule has 1 aliphatic rings. The molecular weight excluding hydrogens is 355 g/mol. The smallest absolute Gasteiger partial charge is 0.269 e. The van der Waals surface area contributed by atoms with Crippen LogP contribution in [-0.4, -0.2) is 19.7 Å². The highest BCUT2D eigenvalue weighted by Crippen LogP contribution is 2.41. The summed E-state index contributed by atoms with van der Waals surface area (Å²) >= 11 is 1.50. The summed E-state index contributed by atoms with van der Waals surface area (Å²) in [6.07, 6.45) is 2.06. The predicted molar refractivity (Wildman–Crippen MR) is 96.3 cm³/mol. The fourth-order valence-electron chi connectivity index (χ4n) is 2.73. The minimum absolute atomic E-state index is 0.0711. The van der Waals surface area contributed by atoms with Gasteiger partial charge in [0.05, 0.1) is 10.5 Å². The van der Waals surface area contributed by atoms with Crippen molar-refractivity contribution >= 4 is 17.4 Å². The lowest BCUT2D eigenvalue weighted by Crippen LogP contribution is -2.01. The Labute approximate surface area is 153 Å². The van der Waals surface area contributed by atoms with E-state index in [0.717, 1.165) is 23.6 Å². The molecule has 0 radical (unpaired) electrons. The van der Waals surface area contributed by atoms with Crippen molar-refractivity contribution in [1.29, 1.82) is 0 Å². The number of hydrogen-bond donors (Lipinski definition) is 0. The third-order valence-corrected chi connectivity index (χ3v) is 5.22. The number of halogens is 1. The van der Waals surface area contributed by atoms with Gasteiger partial charge in [-0.2, -0.15) is 0 Å². The molecule has 3 aromatic rings. The van der Waals surface area contributed by atoms with E-state index in [-0.39, 0.29) is 11.5 Å². The molecule has 0 N–H and O–H groups in total. The van der Waals surface area contributed by atoms with Gasteiger partial charge in [0.15, 0.2) is 11.0 Å². The summed E-state index contributed by atoms with van der Waals surface area (Å²) in [4.78, 5) is 10.3. The average Bonchev–Trinajstić information content (AvgIpc) is 3.40. The molecule has 1 fully saturated rings. The van der Waals surface area contributed by atoms with Crippen LogP contribution in [0.15, 0.2) is 53.7 Å². The molecule has 8 heteroatoms. The zero-order valence-electron chi connectivity index (χ0n) is 13.7. The van der Waals surface area contributed by atoms with Crippen molar-refractivity contribution < 1.29 is 9.31 Å². The number of hydrogen-bond acceptors (Lipinski definition) is 5. The van der Waals surface area contributed by atoms with Crippen molar-refractivity contribution in [2.45, 2.75) is 29.8 Å². The number of aromatic nitrogens is 3. The molecule has 0 unspecified atom stereocenters. The van der Waals surface area contributed by atoms with Crippen molar-refractivity contribution in [3.05, 3.63) is 70.0 Å². The van der Waals surface area contributed by atoms with Crippen LogP contribution in [-0.2, 0) is 5.75 Å². The zero-order valence-corrected chi connectivity index (χ0v) is 14.5. The van der Waals surface area contributed by atoms with Gasteiger partial charge in [-0.1, -0.05) is 36.0 Å². The normalized spacial score (nSPS) is 13.7. The van der Waals surface area contributed by atoms with Gasteiger partial charge in [0.2, 0.25) is 0 Å². The summed E-state index contributed by atoms with van der Waals surface area (Å²) < 4.78 is 16.2. The molecule has 1 aliphatic carbocycles. The highest BCUT2D eigenvalue weighted by Gasteiger charge is 2.30. The van der Waals surface area contributed by atoms with Gasteiger partial charge in [-0.05, 0) is 30.5 Å². The minimum atomic E-state index is -0.415. The minimum Gasteiger partial charge on any atom is -0.299 e. The highest BCUT2D eigenvalue weighted by molar-refractivity contribution is 7.98. The van der Waals surface area contributed by atoms with Crippen LogP contribution in [0.5, 0.6) is 0 Å². The number of nitro benzene ring substituents is 1. The molecule has 26 heavy (non-hydrogen) atoms. The van der Waals surface area contributed by atoms with Gasteiger partial charge in [-0.15, -0.1) is 10.2 Å². The number of rotatable bonds is 6. The Bertz CT molecular complexity index is 954. The molecule has 0 bridgehead atoms. The lowest BCUT2D eigenvalue weighted by atomic mass is 10.2. The van der Waals surface area contributed by atoms with Gasteiger partial charge in [0.1, 0.15) is 5.82 Å². The average molecular weight is 370 g/mol. The first-order valence-electron chi connectivity index (χ1n) is 8.19. The molecule has 0 amide bonds. The molecule has 1 heterocycles. The van der Waals surface area contributed by atoms with Crippen molar-refractivity contribution in [2.24, 2.45) is 0 Å². The Balaban J connectivity index is 1.57. The molecule has 4 rings (SSSR count). The van der Waals surface area contributed by atoms with Crippen molar-refractivity contribution in [3.63, 3.8) is 0 Å². The fourth-order valence-corrected chi connectivity index (χ4v) is 3.69. The summed E-state index contributed by atoms with van der Waals surface area (Å²) in [6, 6.07) is 13.3. The maximum absolute atomic E-state index is 14.2. The zero-order chi connectivity index (χ0) is 18.1. The molecule has 2 aromatic carbocycles. The second-order valence-corrected chi connectivity index (χ2v) is 7.04. The van der Waals surface area contributed by atoms with Crippen LogP contribution in [0.25, 0.3) is 11.4 Å². The standard InChI is InChI=1S/C18H15FN4O2S/c19-16-4-2-1-3-15(16)17-20-21-18(22(17)13-9-10-13)26-11-12-5-7-14(8-6-12)23(24)25/h1-8,13H,9-11H2. The van der Waals surface area contributed by atoms with Gasteiger partial charge >= 0.3 is 0 Å². The first kappa shape index (κ1) is 16.7. The summed E-state index contributed by atoms with van der Waals surface area (Å²) in [5, 5.41) is 19.9. The summed E-state index contributed by atoms with van der Waals surface area (Å²) in [5.41, 5.74) is 1.48. The Hall–Kier alpha value is -2.74. The molecule has 132 valence electrons. The van der Waals surface area contributed by atoms with E-state index in [1.807, 2.05) is 4.57 Å². The van der Waals surface area contributed by atoms with Gasteiger partial charge in [-0.3, -0.25) is 14.7 Å². The third kappa shape index (κ3) is 3.32. The van der Waals surface area contributed by atoms with E-state index in [1.54, 1.807) is 30.3 Å². The molecule has 0 saturated heterocycles. The monoisotopic (exact) mass is 370 g/mol. The van der Waals surface area contributed by atoms with E-state index < -0.39 is 4.92 Å². The van der Waals surface area contributed by atoms with Crippen LogP contribution in [0.3, 0.4) is 0 Å². The molecule has 0 aliphatic heterocycles. The molecule has 1 aromatic heterocycles. The maximum Gasteiger partial charge on any atom is 0.269 e. The third-order valence-electron chi connectivity index (χ3n) is 4.21. The summed E-state index contributed by atoms with van der Waals surface area (Å²) in [7, 11) is 0. The molecule has 6 nitrogen and oxygen atoms in total. The second kappa shape index (κ2) is 6.87. The number of thioether (sulfide) groups is 1. The largest absolute Gasteiger partial charge is 0.299 e. The second-order valence-electron chi connectivity index (χ2n) is 6.10. The van der Waals surface area contributed by atoms with Gasteiger partial charge in [-0.25, -0.2) is 4.39 Å². The molecule has 1 saturated carbocycles. The van der Waals surface area contributed by atoms with Crippen LogP contribution >= 0.6 is 11.8 Å². The summed E-state index contributed by atoms with van der Waals surface area (Å²) in [5.74, 6) is 0.852. The van der Waals surface area contributed by atoms with E-state index in [2.05, 4.69) is 10.2 Å². The van der Waals surface area contributed by atoms with Crippen molar-refractivity contribution in [3.8, 4) is 11.4 Å². The van der Waals surface area contributed by atoms with E-state index in [1.165, 1.54) is 30.0 Å². The Morgan fingerprint density at radius 3 is 2.54 bits per heavy atom. The van der Waals surface area contributed by atoms with Crippen LogP contribution in [0.4, 0.5) is 10.1 Å². The van der Waals surface area contributed by atoms with Gasteiger partial charge in [0, 0.05) is 23.9 Å². The SMILES string of the molecule is O=[N+]([O-])c1ccc(CSc2nnc(-c3ccccc3F)n2C2CC2)cc1. The van der Waals surface area contributed by atoms with Gasteiger partial charge < -0.3 is 0 Å². The van der Waals surface area contributed by atoms with E-state index in [4.69, 9.17) is 0 Å². The quantitative estimate of drug-likeness (QED) is 0.360. The first-order chi connectivity index (χ1) is 12.6. The van der Waals surface area contributed by atoms with Crippen molar-refractivity contribution in [2.75, 3.05) is 0 Å².